The number of halogens is 1. The van der Waals surface area contributed by atoms with Gasteiger partial charge in [0.05, 0.1) is 4.47 Å². The minimum Gasteiger partial charge on any atom is -0.485 e. The van der Waals surface area contributed by atoms with Gasteiger partial charge in [-0.25, -0.2) is 0 Å². The molecule has 0 radical (unpaired) electrons. The van der Waals surface area contributed by atoms with Gasteiger partial charge in [-0.1, -0.05) is 25.0 Å². The number of para-hydroxylation sites is 1. The van der Waals surface area contributed by atoms with E-state index in [2.05, 4.69) is 15.9 Å². The van der Waals surface area contributed by atoms with E-state index in [4.69, 9.17) is 4.74 Å². The summed E-state index contributed by atoms with van der Waals surface area (Å²) >= 11 is 3.39. The van der Waals surface area contributed by atoms with Crippen LogP contribution in [0, 0.1) is 5.92 Å². The molecule has 86 valence electrons. The molecule has 2 rings (SSSR count). The Bertz CT molecular complexity index is 370. The van der Waals surface area contributed by atoms with Crippen molar-refractivity contribution >= 4 is 21.7 Å². The number of ketones is 1. The Hall–Kier alpha value is -0.830. The maximum atomic E-state index is 11.8. The van der Waals surface area contributed by atoms with E-state index in [1.165, 1.54) is 12.8 Å². The molecule has 1 aromatic rings. The third kappa shape index (κ3) is 2.85. The highest BCUT2D eigenvalue weighted by atomic mass is 79.9. The molecule has 2 nitrogen and oxygen atoms in total. The molecule has 16 heavy (non-hydrogen) atoms. The number of hydrogen-bond acceptors (Lipinski definition) is 2. The van der Waals surface area contributed by atoms with Crippen molar-refractivity contribution in [3.63, 3.8) is 0 Å². The molecule has 0 aromatic heterocycles. The van der Waals surface area contributed by atoms with Crippen molar-refractivity contribution < 1.29 is 9.53 Å². The number of ether oxygens (including phenoxy) is 1. The van der Waals surface area contributed by atoms with Gasteiger partial charge in [0.25, 0.3) is 0 Å². The quantitative estimate of drug-likeness (QED) is 0.844. The predicted molar refractivity (Wildman–Crippen MR) is 66.6 cm³/mol. The number of carbonyl (C=O) groups excluding carboxylic acids is 1. The fourth-order valence-corrected chi connectivity index (χ4v) is 2.48. The highest BCUT2D eigenvalue weighted by Gasteiger charge is 2.22. The maximum Gasteiger partial charge on any atom is 0.173 e. The molecule has 0 atom stereocenters. The molecule has 1 fully saturated rings. The Kier molecular flexibility index (Phi) is 3.99. The highest BCUT2D eigenvalue weighted by Crippen LogP contribution is 2.27. The Morgan fingerprint density at radius 1 is 1.31 bits per heavy atom. The third-order valence-corrected chi connectivity index (χ3v) is 3.67. The average Bonchev–Trinajstić information content (AvgIpc) is 2.81. The molecular weight excluding hydrogens is 268 g/mol. The van der Waals surface area contributed by atoms with Crippen LogP contribution in [-0.4, -0.2) is 12.4 Å². The average molecular weight is 283 g/mol. The SMILES string of the molecule is O=C(COc1ccccc1Br)C1CCCC1. The van der Waals surface area contributed by atoms with Gasteiger partial charge in [0.2, 0.25) is 0 Å². The van der Waals surface area contributed by atoms with Crippen molar-refractivity contribution in [1.82, 2.24) is 0 Å². The van der Waals surface area contributed by atoms with E-state index >= 15 is 0 Å². The van der Waals surface area contributed by atoms with Crippen molar-refractivity contribution in [3.05, 3.63) is 28.7 Å². The van der Waals surface area contributed by atoms with Gasteiger partial charge in [0, 0.05) is 5.92 Å². The smallest absolute Gasteiger partial charge is 0.173 e. The summed E-state index contributed by atoms with van der Waals surface area (Å²) in [5, 5.41) is 0. The zero-order valence-electron chi connectivity index (χ0n) is 9.12. The normalized spacial score (nSPS) is 16.3. The summed E-state index contributed by atoms with van der Waals surface area (Å²) in [6.07, 6.45) is 4.45. The molecule has 0 bridgehead atoms. The van der Waals surface area contributed by atoms with E-state index in [0.717, 1.165) is 23.1 Å². The number of carbonyl (C=O) groups is 1. The minimum absolute atomic E-state index is 0.202. The van der Waals surface area contributed by atoms with E-state index in [1.54, 1.807) is 0 Å². The first-order valence-electron chi connectivity index (χ1n) is 5.67. The van der Waals surface area contributed by atoms with Gasteiger partial charge in [-0.15, -0.1) is 0 Å². The summed E-state index contributed by atoms with van der Waals surface area (Å²) in [7, 11) is 0. The lowest BCUT2D eigenvalue weighted by molar-refractivity contribution is -0.124. The molecule has 1 saturated carbocycles. The molecule has 0 amide bonds. The zero-order chi connectivity index (χ0) is 11.4. The topological polar surface area (TPSA) is 26.3 Å². The number of benzene rings is 1. The number of rotatable bonds is 4. The molecule has 1 aromatic carbocycles. The first kappa shape index (κ1) is 11.6. The van der Waals surface area contributed by atoms with Crippen LogP contribution in [0.25, 0.3) is 0 Å². The van der Waals surface area contributed by atoms with E-state index in [9.17, 15) is 4.79 Å². The van der Waals surface area contributed by atoms with Crippen LogP contribution in [0.2, 0.25) is 0 Å². The van der Waals surface area contributed by atoms with Gasteiger partial charge in [0.1, 0.15) is 12.4 Å². The van der Waals surface area contributed by atoms with Crippen molar-refractivity contribution in [2.45, 2.75) is 25.7 Å². The van der Waals surface area contributed by atoms with Crippen LogP contribution in [0.15, 0.2) is 28.7 Å². The lowest BCUT2D eigenvalue weighted by Gasteiger charge is -2.10. The number of Topliss-reactive ketones (excluding diaryl/α,β-unsaturated/α-hetero) is 1. The molecule has 0 saturated heterocycles. The predicted octanol–water partition coefficient (Wildman–Crippen LogP) is 3.59. The van der Waals surface area contributed by atoms with Crippen molar-refractivity contribution in [1.29, 1.82) is 0 Å². The zero-order valence-corrected chi connectivity index (χ0v) is 10.7. The summed E-state index contributed by atoms with van der Waals surface area (Å²) in [6, 6.07) is 7.61. The minimum atomic E-state index is 0.202. The number of hydrogen-bond donors (Lipinski definition) is 0. The fraction of sp³-hybridized carbons (Fsp3) is 0.462. The van der Waals surface area contributed by atoms with Gasteiger partial charge in [0.15, 0.2) is 5.78 Å². The van der Waals surface area contributed by atoms with Crippen LogP contribution in [0.1, 0.15) is 25.7 Å². The molecule has 1 aliphatic carbocycles. The lowest BCUT2D eigenvalue weighted by Crippen LogP contribution is -2.19. The molecule has 0 unspecified atom stereocenters. The second-order valence-electron chi connectivity index (χ2n) is 4.17. The van der Waals surface area contributed by atoms with E-state index in [1.807, 2.05) is 24.3 Å². The van der Waals surface area contributed by atoms with Crippen LogP contribution >= 0.6 is 15.9 Å². The maximum absolute atomic E-state index is 11.8. The van der Waals surface area contributed by atoms with Crippen LogP contribution in [0.3, 0.4) is 0 Å². The van der Waals surface area contributed by atoms with Gasteiger partial charge < -0.3 is 4.74 Å². The van der Waals surface area contributed by atoms with E-state index in [-0.39, 0.29) is 18.3 Å². The summed E-state index contributed by atoms with van der Waals surface area (Å²) < 4.78 is 6.41. The molecule has 0 heterocycles. The lowest BCUT2D eigenvalue weighted by atomic mass is 10.0. The van der Waals surface area contributed by atoms with E-state index in [0.29, 0.717) is 0 Å². The van der Waals surface area contributed by atoms with Gasteiger partial charge in [-0.2, -0.15) is 0 Å². The Morgan fingerprint density at radius 2 is 2.00 bits per heavy atom. The monoisotopic (exact) mass is 282 g/mol. The van der Waals surface area contributed by atoms with Crippen molar-refractivity contribution in [2.24, 2.45) is 5.92 Å². The fourth-order valence-electron chi connectivity index (χ4n) is 2.08. The summed E-state index contributed by atoms with van der Waals surface area (Å²) in [5.41, 5.74) is 0. The van der Waals surface area contributed by atoms with E-state index < -0.39 is 0 Å². The second kappa shape index (κ2) is 5.48. The largest absolute Gasteiger partial charge is 0.485 e. The van der Waals surface area contributed by atoms with Crippen LogP contribution < -0.4 is 4.74 Å². The van der Waals surface area contributed by atoms with Gasteiger partial charge in [-0.3, -0.25) is 4.79 Å². The standard InChI is InChI=1S/C13H15BrO2/c14-11-7-3-4-8-13(11)16-9-12(15)10-5-1-2-6-10/h3-4,7-8,10H,1-2,5-6,9H2. The Labute approximate surface area is 104 Å². The summed E-state index contributed by atoms with van der Waals surface area (Å²) in [4.78, 5) is 11.8. The molecule has 1 aliphatic rings. The summed E-state index contributed by atoms with van der Waals surface area (Å²) in [5.74, 6) is 1.23. The molecular formula is C13H15BrO2. The molecule has 0 spiro atoms. The Morgan fingerprint density at radius 3 is 2.69 bits per heavy atom. The summed E-state index contributed by atoms with van der Waals surface area (Å²) in [6.45, 7) is 0.202. The van der Waals surface area contributed by atoms with Crippen LogP contribution in [-0.2, 0) is 4.79 Å². The Balaban J connectivity index is 1.87. The molecule has 0 aliphatic heterocycles. The molecule has 3 heteroatoms. The molecule has 0 N–H and O–H groups in total. The van der Waals surface area contributed by atoms with Gasteiger partial charge >= 0.3 is 0 Å². The van der Waals surface area contributed by atoms with Crippen molar-refractivity contribution in [2.75, 3.05) is 6.61 Å². The van der Waals surface area contributed by atoms with Gasteiger partial charge in [-0.05, 0) is 40.9 Å². The van der Waals surface area contributed by atoms with Crippen LogP contribution in [0.4, 0.5) is 0 Å². The second-order valence-corrected chi connectivity index (χ2v) is 5.02. The highest BCUT2D eigenvalue weighted by molar-refractivity contribution is 9.10. The first-order chi connectivity index (χ1) is 7.77. The van der Waals surface area contributed by atoms with Crippen LogP contribution in [0.5, 0.6) is 5.75 Å². The van der Waals surface area contributed by atoms with Crippen molar-refractivity contribution in [3.8, 4) is 5.75 Å². The first-order valence-corrected chi connectivity index (χ1v) is 6.46. The third-order valence-electron chi connectivity index (χ3n) is 3.02.